The van der Waals surface area contributed by atoms with Crippen molar-refractivity contribution >= 4 is 34.1 Å². The SMILES string of the molecule is CN1C(=O)C(c2ccc(Cl)cc2)(c2cn(C)c3ccccc23)c2ccccc21. The number of fused-ring (bicyclic) bond motifs is 2. The van der Waals surface area contributed by atoms with Crippen LogP contribution in [-0.2, 0) is 17.3 Å². The van der Waals surface area contributed by atoms with E-state index in [0.29, 0.717) is 5.02 Å². The number of anilines is 1. The van der Waals surface area contributed by atoms with E-state index >= 15 is 0 Å². The van der Waals surface area contributed by atoms with Crippen LogP contribution in [0.5, 0.6) is 0 Å². The summed E-state index contributed by atoms with van der Waals surface area (Å²) < 4.78 is 2.09. The molecule has 3 aromatic carbocycles. The molecule has 0 saturated carbocycles. The van der Waals surface area contributed by atoms with E-state index in [-0.39, 0.29) is 5.91 Å². The highest BCUT2D eigenvalue weighted by Gasteiger charge is 2.53. The predicted octanol–water partition coefficient (Wildman–Crippen LogP) is 5.14. The second-order valence-corrected chi connectivity index (χ2v) is 7.75. The molecule has 0 radical (unpaired) electrons. The maximum Gasteiger partial charge on any atom is 0.246 e. The zero-order valence-corrected chi connectivity index (χ0v) is 16.4. The second kappa shape index (κ2) is 5.98. The number of carbonyl (C=O) groups is 1. The molecule has 0 N–H and O–H groups in total. The van der Waals surface area contributed by atoms with E-state index in [9.17, 15) is 4.79 Å². The Kier molecular flexibility index (Phi) is 3.65. The van der Waals surface area contributed by atoms with Crippen molar-refractivity contribution in [3.8, 4) is 0 Å². The minimum atomic E-state index is -0.906. The van der Waals surface area contributed by atoms with Gasteiger partial charge in [-0.05, 0) is 29.8 Å². The highest BCUT2D eigenvalue weighted by molar-refractivity contribution is 6.30. The van der Waals surface area contributed by atoms with Crippen molar-refractivity contribution in [2.75, 3.05) is 11.9 Å². The Balaban J connectivity index is 1.95. The zero-order valence-electron chi connectivity index (χ0n) is 15.7. The summed E-state index contributed by atoms with van der Waals surface area (Å²) in [5.41, 5.74) is 4.06. The van der Waals surface area contributed by atoms with E-state index in [4.69, 9.17) is 11.6 Å². The first-order valence-corrected chi connectivity index (χ1v) is 9.61. The van der Waals surface area contributed by atoms with Crippen LogP contribution in [0.3, 0.4) is 0 Å². The van der Waals surface area contributed by atoms with Crippen LogP contribution in [0.4, 0.5) is 5.69 Å². The number of likely N-dealkylation sites (N-methyl/N-ethyl adjacent to an activating group) is 1. The minimum absolute atomic E-state index is 0.0485. The zero-order chi connectivity index (χ0) is 19.5. The van der Waals surface area contributed by atoms with Gasteiger partial charge >= 0.3 is 0 Å². The number of para-hydroxylation sites is 2. The average molecular weight is 387 g/mol. The summed E-state index contributed by atoms with van der Waals surface area (Å²) in [4.78, 5) is 15.7. The quantitative estimate of drug-likeness (QED) is 0.468. The highest BCUT2D eigenvalue weighted by Crippen LogP contribution is 2.51. The van der Waals surface area contributed by atoms with Gasteiger partial charge in [-0.25, -0.2) is 0 Å². The van der Waals surface area contributed by atoms with Gasteiger partial charge in [-0.15, -0.1) is 0 Å². The first-order chi connectivity index (χ1) is 13.5. The number of rotatable bonds is 2. The molecular weight excluding hydrogens is 368 g/mol. The fourth-order valence-corrected chi connectivity index (χ4v) is 4.72. The van der Waals surface area contributed by atoms with Crippen molar-refractivity contribution in [3.05, 3.63) is 101 Å². The molecule has 1 aliphatic rings. The molecule has 3 nitrogen and oxygen atoms in total. The smallest absolute Gasteiger partial charge is 0.246 e. The molecule has 28 heavy (non-hydrogen) atoms. The van der Waals surface area contributed by atoms with E-state index in [1.165, 1.54) is 0 Å². The van der Waals surface area contributed by atoms with E-state index in [0.717, 1.165) is 33.3 Å². The largest absolute Gasteiger partial charge is 0.350 e. The minimum Gasteiger partial charge on any atom is -0.350 e. The molecule has 4 heteroatoms. The van der Waals surface area contributed by atoms with Crippen LogP contribution in [0.1, 0.15) is 16.7 Å². The van der Waals surface area contributed by atoms with Gasteiger partial charge in [0.15, 0.2) is 0 Å². The van der Waals surface area contributed by atoms with Crippen molar-refractivity contribution in [1.82, 2.24) is 4.57 Å². The molecule has 138 valence electrons. The molecule has 1 atom stereocenters. The van der Waals surface area contributed by atoms with Crippen LogP contribution in [0, 0.1) is 0 Å². The molecule has 1 aliphatic heterocycles. The Hall–Kier alpha value is -3.04. The number of aryl methyl sites for hydroxylation is 1. The van der Waals surface area contributed by atoms with Crippen LogP contribution in [0.15, 0.2) is 79.0 Å². The maximum absolute atomic E-state index is 13.9. The molecule has 5 rings (SSSR count). The van der Waals surface area contributed by atoms with Crippen LogP contribution in [0.25, 0.3) is 10.9 Å². The van der Waals surface area contributed by atoms with Gasteiger partial charge in [0.1, 0.15) is 5.41 Å². The number of halogens is 1. The van der Waals surface area contributed by atoms with Gasteiger partial charge in [-0.1, -0.05) is 60.1 Å². The van der Waals surface area contributed by atoms with E-state index in [1.807, 2.05) is 68.7 Å². The summed E-state index contributed by atoms with van der Waals surface area (Å²) >= 11 is 6.17. The molecule has 0 saturated heterocycles. The van der Waals surface area contributed by atoms with E-state index in [1.54, 1.807) is 4.90 Å². The molecule has 1 amide bonds. The summed E-state index contributed by atoms with van der Waals surface area (Å²) in [5, 5.41) is 1.74. The van der Waals surface area contributed by atoms with Gasteiger partial charge < -0.3 is 9.47 Å². The van der Waals surface area contributed by atoms with E-state index < -0.39 is 5.41 Å². The lowest BCUT2D eigenvalue weighted by molar-refractivity contribution is -0.120. The molecule has 2 heterocycles. The van der Waals surface area contributed by atoms with Crippen LogP contribution in [0.2, 0.25) is 5.02 Å². The van der Waals surface area contributed by atoms with Crippen molar-refractivity contribution in [2.24, 2.45) is 7.05 Å². The number of hydrogen-bond acceptors (Lipinski definition) is 1. The lowest BCUT2D eigenvalue weighted by atomic mass is 9.70. The molecule has 0 aliphatic carbocycles. The van der Waals surface area contributed by atoms with Gasteiger partial charge in [0.05, 0.1) is 0 Å². The third-order valence-corrected chi connectivity index (χ3v) is 6.13. The van der Waals surface area contributed by atoms with Gasteiger partial charge in [0.2, 0.25) is 5.91 Å². The van der Waals surface area contributed by atoms with E-state index in [2.05, 4.69) is 29.0 Å². The molecule has 0 spiro atoms. The first kappa shape index (κ1) is 17.1. The molecule has 4 aromatic rings. The van der Waals surface area contributed by atoms with Crippen molar-refractivity contribution in [2.45, 2.75) is 5.41 Å². The van der Waals surface area contributed by atoms with Gasteiger partial charge in [0, 0.05) is 53.0 Å². The molecule has 1 aromatic heterocycles. The lowest BCUT2D eigenvalue weighted by Gasteiger charge is -2.29. The highest BCUT2D eigenvalue weighted by atomic mass is 35.5. The topological polar surface area (TPSA) is 25.2 Å². The Bertz CT molecular complexity index is 1230. The summed E-state index contributed by atoms with van der Waals surface area (Å²) in [7, 11) is 3.88. The first-order valence-electron chi connectivity index (χ1n) is 9.23. The van der Waals surface area contributed by atoms with Crippen LogP contribution >= 0.6 is 11.6 Å². The predicted molar refractivity (Wildman–Crippen MR) is 114 cm³/mol. The van der Waals surface area contributed by atoms with Gasteiger partial charge in [-0.3, -0.25) is 4.79 Å². The third kappa shape index (κ3) is 2.08. The van der Waals surface area contributed by atoms with Crippen molar-refractivity contribution in [1.29, 1.82) is 0 Å². The third-order valence-electron chi connectivity index (χ3n) is 5.87. The summed E-state index contributed by atoms with van der Waals surface area (Å²) in [6.45, 7) is 0. The Morgan fingerprint density at radius 3 is 2.29 bits per heavy atom. The monoisotopic (exact) mass is 386 g/mol. The standard InChI is InChI=1S/C24H19ClN2O/c1-26-15-20(18-7-3-5-9-21(18)26)24(16-11-13-17(25)14-12-16)19-8-4-6-10-22(19)27(2)23(24)28/h3-15H,1-2H3. The Morgan fingerprint density at radius 2 is 1.50 bits per heavy atom. The number of hydrogen-bond donors (Lipinski definition) is 0. The van der Waals surface area contributed by atoms with Crippen LogP contribution < -0.4 is 4.90 Å². The normalized spacial score (nSPS) is 18.7. The number of benzene rings is 3. The Morgan fingerprint density at radius 1 is 0.821 bits per heavy atom. The second-order valence-electron chi connectivity index (χ2n) is 7.31. The lowest BCUT2D eigenvalue weighted by Crippen LogP contribution is -2.40. The van der Waals surface area contributed by atoms with Gasteiger partial charge in [-0.2, -0.15) is 0 Å². The van der Waals surface area contributed by atoms with Crippen molar-refractivity contribution in [3.63, 3.8) is 0 Å². The number of amides is 1. The summed E-state index contributed by atoms with van der Waals surface area (Å²) in [6, 6.07) is 23.9. The number of carbonyl (C=O) groups excluding carboxylic acids is 1. The summed E-state index contributed by atoms with van der Waals surface area (Å²) in [5.74, 6) is 0.0485. The maximum atomic E-state index is 13.9. The molecule has 1 unspecified atom stereocenters. The van der Waals surface area contributed by atoms with Crippen LogP contribution in [-0.4, -0.2) is 17.5 Å². The van der Waals surface area contributed by atoms with Crippen molar-refractivity contribution < 1.29 is 4.79 Å². The number of nitrogens with zero attached hydrogens (tertiary/aromatic N) is 2. The fourth-order valence-electron chi connectivity index (χ4n) is 4.59. The Labute approximate surface area is 168 Å². The molecule has 0 bridgehead atoms. The summed E-state index contributed by atoms with van der Waals surface area (Å²) in [6.07, 6.45) is 2.09. The van der Waals surface area contributed by atoms with Gasteiger partial charge in [0.25, 0.3) is 0 Å². The molecule has 0 fully saturated rings. The molecular formula is C24H19ClN2O. The number of aromatic nitrogens is 1. The fraction of sp³-hybridized carbons (Fsp3) is 0.125. The average Bonchev–Trinajstić information content (AvgIpc) is 3.17.